The van der Waals surface area contributed by atoms with Gasteiger partial charge in [0.1, 0.15) is 0 Å². The van der Waals surface area contributed by atoms with Crippen LogP contribution in [0.1, 0.15) is 16.7 Å². The van der Waals surface area contributed by atoms with Crippen LogP contribution in [0.4, 0.5) is 0 Å². The molecule has 0 atom stereocenters. The van der Waals surface area contributed by atoms with E-state index in [0.29, 0.717) is 0 Å². The zero-order valence-corrected chi connectivity index (χ0v) is 10.6. The van der Waals surface area contributed by atoms with Crippen LogP contribution in [0, 0.1) is 0 Å². The van der Waals surface area contributed by atoms with Crippen LogP contribution in [0.25, 0.3) is 17.2 Å². The monoisotopic (exact) mass is 235 g/mol. The predicted octanol–water partition coefficient (Wildman–Crippen LogP) is 3.49. The highest BCUT2D eigenvalue weighted by Crippen LogP contribution is 2.36. The lowest BCUT2D eigenvalue weighted by atomic mass is 10.0. The summed E-state index contributed by atoms with van der Waals surface area (Å²) in [5.74, 6) is 0. The first-order chi connectivity index (χ1) is 8.88. The smallest absolute Gasteiger partial charge is 0.0135 e. The molecular weight excluding hydrogens is 218 g/mol. The number of hydrogen-bond acceptors (Lipinski definition) is 1. The standard InChI is InChI=1S/C17H17N/c1-18-10-4-5-13-8-9-17-15(11-13)12-14-6-2-3-7-16(14)17/h2-9,11,18H,10,12H2,1H3. The van der Waals surface area contributed by atoms with Crippen molar-refractivity contribution >= 4 is 6.08 Å². The Morgan fingerprint density at radius 3 is 2.78 bits per heavy atom. The average molecular weight is 235 g/mol. The summed E-state index contributed by atoms with van der Waals surface area (Å²) in [5, 5.41) is 3.12. The highest BCUT2D eigenvalue weighted by molar-refractivity contribution is 5.78. The summed E-state index contributed by atoms with van der Waals surface area (Å²) in [6, 6.07) is 15.4. The van der Waals surface area contributed by atoms with Gasteiger partial charge in [-0.05, 0) is 41.3 Å². The average Bonchev–Trinajstić information content (AvgIpc) is 2.76. The van der Waals surface area contributed by atoms with E-state index >= 15 is 0 Å². The van der Waals surface area contributed by atoms with E-state index in [1.165, 1.54) is 27.8 Å². The Morgan fingerprint density at radius 2 is 1.89 bits per heavy atom. The Kier molecular flexibility index (Phi) is 2.99. The minimum atomic E-state index is 0.914. The van der Waals surface area contributed by atoms with Crippen LogP contribution in [0.2, 0.25) is 0 Å². The van der Waals surface area contributed by atoms with E-state index in [1.807, 2.05) is 7.05 Å². The van der Waals surface area contributed by atoms with Gasteiger partial charge in [-0.25, -0.2) is 0 Å². The molecule has 0 fully saturated rings. The largest absolute Gasteiger partial charge is 0.316 e. The van der Waals surface area contributed by atoms with E-state index in [9.17, 15) is 0 Å². The van der Waals surface area contributed by atoms with E-state index < -0.39 is 0 Å². The predicted molar refractivity (Wildman–Crippen MR) is 77.6 cm³/mol. The second-order valence-electron chi connectivity index (χ2n) is 4.71. The maximum absolute atomic E-state index is 3.12. The Hall–Kier alpha value is -1.86. The van der Waals surface area contributed by atoms with Crippen LogP contribution in [0.3, 0.4) is 0 Å². The molecule has 1 heteroatoms. The lowest BCUT2D eigenvalue weighted by molar-refractivity contribution is 0.922. The van der Waals surface area contributed by atoms with Crippen LogP contribution < -0.4 is 5.32 Å². The van der Waals surface area contributed by atoms with Gasteiger partial charge in [0, 0.05) is 6.54 Å². The first-order valence-electron chi connectivity index (χ1n) is 6.41. The SMILES string of the molecule is CNCC=Cc1ccc2c(c1)Cc1ccccc1-2. The van der Waals surface area contributed by atoms with Crippen LogP contribution >= 0.6 is 0 Å². The molecule has 2 aromatic carbocycles. The zero-order valence-electron chi connectivity index (χ0n) is 10.6. The Morgan fingerprint density at radius 1 is 1.06 bits per heavy atom. The molecular formula is C17H17N. The topological polar surface area (TPSA) is 12.0 Å². The summed E-state index contributed by atoms with van der Waals surface area (Å²) in [7, 11) is 1.96. The highest BCUT2D eigenvalue weighted by atomic mass is 14.8. The third-order valence-corrected chi connectivity index (χ3v) is 3.45. The van der Waals surface area contributed by atoms with E-state index in [4.69, 9.17) is 0 Å². The molecule has 1 nitrogen and oxygen atoms in total. The second kappa shape index (κ2) is 4.79. The molecule has 0 aromatic heterocycles. The summed E-state index contributed by atoms with van der Waals surface area (Å²) in [6.45, 7) is 0.914. The van der Waals surface area contributed by atoms with E-state index in [-0.39, 0.29) is 0 Å². The van der Waals surface area contributed by atoms with Crippen molar-refractivity contribution in [2.45, 2.75) is 6.42 Å². The van der Waals surface area contributed by atoms with Crippen molar-refractivity contribution in [2.24, 2.45) is 0 Å². The fraction of sp³-hybridized carbons (Fsp3) is 0.176. The summed E-state index contributed by atoms with van der Waals surface area (Å²) < 4.78 is 0. The lowest BCUT2D eigenvalue weighted by Gasteiger charge is -2.02. The minimum absolute atomic E-state index is 0.914. The van der Waals surface area contributed by atoms with E-state index in [1.54, 1.807) is 0 Å². The van der Waals surface area contributed by atoms with Gasteiger partial charge in [-0.3, -0.25) is 0 Å². The molecule has 0 saturated carbocycles. The fourth-order valence-corrected chi connectivity index (χ4v) is 2.58. The van der Waals surface area contributed by atoms with E-state index in [0.717, 1.165) is 13.0 Å². The molecule has 2 aromatic rings. The van der Waals surface area contributed by atoms with Crippen LogP contribution in [-0.4, -0.2) is 13.6 Å². The maximum Gasteiger partial charge on any atom is 0.0135 e. The quantitative estimate of drug-likeness (QED) is 0.732. The van der Waals surface area contributed by atoms with Crippen molar-refractivity contribution in [1.82, 2.24) is 5.32 Å². The number of rotatable bonds is 3. The normalized spacial score (nSPS) is 12.7. The van der Waals surface area contributed by atoms with Crippen molar-refractivity contribution < 1.29 is 0 Å². The number of fused-ring (bicyclic) bond motifs is 3. The molecule has 3 rings (SSSR count). The number of hydrogen-bond donors (Lipinski definition) is 1. The van der Waals surface area contributed by atoms with Gasteiger partial charge in [0.25, 0.3) is 0 Å². The molecule has 0 aliphatic heterocycles. The van der Waals surface area contributed by atoms with Gasteiger partial charge in [-0.15, -0.1) is 0 Å². The Labute approximate surface area is 108 Å². The lowest BCUT2D eigenvalue weighted by Crippen LogP contribution is -2.03. The first-order valence-corrected chi connectivity index (χ1v) is 6.41. The molecule has 0 spiro atoms. The number of nitrogens with one attached hydrogen (secondary N) is 1. The molecule has 1 aliphatic carbocycles. The molecule has 0 heterocycles. The minimum Gasteiger partial charge on any atom is -0.316 e. The molecule has 90 valence electrons. The molecule has 1 N–H and O–H groups in total. The van der Waals surface area contributed by atoms with Gasteiger partial charge in [-0.1, -0.05) is 54.6 Å². The van der Waals surface area contributed by atoms with Crippen LogP contribution in [0.5, 0.6) is 0 Å². The highest BCUT2D eigenvalue weighted by Gasteiger charge is 2.17. The molecule has 1 aliphatic rings. The molecule has 0 bridgehead atoms. The van der Waals surface area contributed by atoms with Gasteiger partial charge in [0.15, 0.2) is 0 Å². The van der Waals surface area contributed by atoms with Crippen LogP contribution in [-0.2, 0) is 6.42 Å². The third kappa shape index (κ3) is 1.98. The van der Waals surface area contributed by atoms with Crippen LogP contribution in [0.15, 0.2) is 48.5 Å². The molecule has 0 unspecified atom stereocenters. The van der Waals surface area contributed by atoms with E-state index in [2.05, 4.69) is 59.9 Å². The van der Waals surface area contributed by atoms with Gasteiger partial charge in [0.2, 0.25) is 0 Å². The first kappa shape index (κ1) is 11.2. The van der Waals surface area contributed by atoms with Gasteiger partial charge >= 0.3 is 0 Å². The second-order valence-corrected chi connectivity index (χ2v) is 4.71. The third-order valence-electron chi connectivity index (χ3n) is 3.45. The Bertz CT molecular complexity index is 596. The molecule has 0 radical (unpaired) electrons. The van der Waals surface area contributed by atoms with Crippen molar-refractivity contribution in [3.05, 3.63) is 65.2 Å². The van der Waals surface area contributed by atoms with Gasteiger partial charge in [0.05, 0.1) is 0 Å². The summed E-state index contributed by atoms with van der Waals surface area (Å²) in [5.41, 5.74) is 6.98. The summed E-state index contributed by atoms with van der Waals surface area (Å²) in [6.07, 6.45) is 5.41. The number of likely N-dealkylation sites (N-methyl/N-ethyl adjacent to an activating group) is 1. The van der Waals surface area contributed by atoms with Crippen molar-refractivity contribution in [3.8, 4) is 11.1 Å². The summed E-state index contributed by atoms with van der Waals surface area (Å²) >= 11 is 0. The van der Waals surface area contributed by atoms with Crippen molar-refractivity contribution in [1.29, 1.82) is 0 Å². The van der Waals surface area contributed by atoms with Crippen molar-refractivity contribution in [3.63, 3.8) is 0 Å². The van der Waals surface area contributed by atoms with Gasteiger partial charge < -0.3 is 5.32 Å². The molecule has 0 amide bonds. The fourth-order valence-electron chi connectivity index (χ4n) is 2.58. The summed E-state index contributed by atoms with van der Waals surface area (Å²) in [4.78, 5) is 0. The van der Waals surface area contributed by atoms with Gasteiger partial charge in [-0.2, -0.15) is 0 Å². The number of benzene rings is 2. The molecule has 0 saturated heterocycles. The molecule has 18 heavy (non-hydrogen) atoms. The Balaban J connectivity index is 1.93. The van der Waals surface area contributed by atoms with Crippen molar-refractivity contribution in [2.75, 3.05) is 13.6 Å². The zero-order chi connectivity index (χ0) is 12.4. The maximum atomic E-state index is 3.12.